The molecular weight excluding hydrogens is 382 g/mol. The maximum atomic E-state index is 13.0. The summed E-state index contributed by atoms with van der Waals surface area (Å²) < 4.78 is 1.43. The second kappa shape index (κ2) is 8.46. The number of H-pyrrole nitrogens is 1. The normalized spacial score (nSPS) is 20.3. The van der Waals surface area contributed by atoms with E-state index in [2.05, 4.69) is 15.2 Å². The standard InChI is InChI=1S/C19H25N5O3.ClH/c1-2-24-16-4-3-13(11-15(16)21-17(25)19(24)27)18(26)23-8-5-14(12-23)22-9-6-20-7-10-22;/h3-4,11,14,20H,2,5-10,12H2,1H3,(H,21,25);1H. The highest BCUT2D eigenvalue weighted by Crippen LogP contribution is 2.20. The van der Waals surface area contributed by atoms with Crippen molar-refractivity contribution < 1.29 is 4.79 Å². The van der Waals surface area contributed by atoms with Crippen LogP contribution in [0.4, 0.5) is 0 Å². The first-order valence-electron chi connectivity index (χ1n) is 9.59. The molecule has 1 unspecified atom stereocenters. The number of hydrogen-bond donors (Lipinski definition) is 2. The highest BCUT2D eigenvalue weighted by Gasteiger charge is 2.31. The number of carbonyl (C=O) groups is 1. The van der Waals surface area contributed by atoms with Gasteiger partial charge in [0.25, 0.3) is 5.91 Å². The van der Waals surface area contributed by atoms with Gasteiger partial charge in [0.2, 0.25) is 0 Å². The molecule has 0 aliphatic carbocycles. The van der Waals surface area contributed by atoms with Gasteiger partial charge in [-0.25, -0.2) is 0 Å². The van der Waals surface area contributed by atoms with E-state index in [4.69, 9.17) is 0 Å². The van der Waals surface area contributed by atoms with Crippen molar-refractivity contribution in [1.82, 2.24) is 24.7 Å². The van der Waals surface area contributed by atoms with Crippen molar-refractivity contribution in [3.63, 3.8) is 0 Å². The number of nitrogens with zero attached hydrogens (tertiary/aromatic N) is 3. The average molecular weight is 408 g/mol. The first-order valence-corrected chi connectivity index (χ1v) is 9.59. The summed E-state index contributed by atoms with van der Waals surface area (Å²) in [5.41, 5.74) is 0.473. The van der Waals surface area contributed by atoms with Crippen LogP contribution in [0.2, 0.25) is 0 Å². The number of aryl methyl sites for hydroxylation is 1. The molecule has 152 valence electrons. The van der Waals surface area contributed by atoms with Crippen LogP contribution in [-0.2, 0) is 6.54 Å². The summed E-state index contributed by atoms with van der Waals surface area (Å²) in [6.07, 6.45) is 0.992. The maximum Gasteiger partial charge on any atom is 0.316 e. The zero-order valence-corrected chi connectivity index (χ0v) is 16.8. The molecule has 1 atom stereocenters. The van der Waals surface area contributed by atoms with Gasteiger partial charge in [-0.1, -0.05) is 0 Å². The van der Waals surface area contributed by atoms with E-state index in [1.54, 1.807) is 18.2 Å². The molecule has 3 heterocycles. The van der Waals surface area contributed by atoms with E-state index in [1.165, 1.54) is 4.57 Å². The zero-order chi connectivity index (χ0) is 19.0. The van der Waals surface area contributed by atoms with Gasteiger partial charge in [-0.15, -0.1) is 12.4 Å². The van der Waals surface area contributed by atoms with Crippen LogP contribution in [-0.4, -0.2) is 70.6 Å². The molecule has 4 rings (SSSR count). The molecule has 1 aromatic carbocycles. The Morgan fingerprint density at radius 2 is 1.93 bits per heavy atom. The molecule has 1 aromatic heterocycles. The number of rotatable bonds is 3. The first kappa shape index (κ1) is 20.6. The Balaban J connectivity index is 0.00000225. The Morgan fingerprint density at radius 1 is 1.18 bits per heavy atom. The molecule has 0 saturated carbocycles. The van der Waals surface area contributed by atoms with Crippen LogP contribution < -0.4 is 16.4 Å². The van der Waals surface area contributed by atoms with Gasteiger partial charge in [0.05, 0.1) is 11.0 Å². The lowest BCUT2D eigenvalue weighted by molar-refractivity contribution is 0.0773. The molecule has 2 fully saturated rings. The first-order chi connectivity index (χ1) is 13.1. The fraction of sp³-hybridized carbons (Fsp3) is 0.526. The van der Waals surface area contributed by atoms with Crippen LogP contribution in [0.5, 0.6) is 0 Å². The van der Waals surface area contributed by atoms with Crippen molar-refractivity contribution in [1.29, 1.82) is 0 Å². The number of benzene rings is 1. The molecule has 1 amide bonds. The second-order valence-corrected chi connectivity index (χ2v) is 7.22. The summed E-state index contributed by atoms with van der Waals surface area (Å²) in [7, 11) is 0. The number of aromatic amines is 1. The van der Waals surface area contributed by atoms with Gasteiger partial charge in [-0.05, 0) is 31.5 Å². The van der Waals surface area contributed by atoms with E-state index < -0.39 is 11.1 Å². The summed E-state index contributed by atoms with van der Waals surface area (Å²) >= 11 is 0. The Hall–Kier alpha value is -2.16. The number of nitrogens with one attached hydrogen (secondary N) is 2. The van der Waals surface area contributed by atoms with E-state index in [0.29, 0.717) is 29.2 Å². The summed E-state index contributed by atoms with van der Waals surface area (Å²) in [5, 5.41) is 3.36. The third-order valence-electron chi connectivity index (χ3n) is 5.66. The number of piperazine rings is 1. The SMILES string of the molecule is CCn1c(=O)c(=O)[nH]c2cc(C(=O)N3CCC(N4CCNCC4)C3)ccc21.Cl. The summed E-state index contributed by atoms with van der Waals surface area (Å²) in [5.74, 6) is -0.0235. The van der Waals surface area contributed by atoms with Crippen LogP contribution in [0.3, 0.4) is 0 Å². The molecule has 2 aliphatic rings. The molecule has 0 spiro atoms. The minimum Gasteiger partial charge on any atom is -0.337 e. The minimum absolute atomic E-state index is 0. The largest absolute Gasteiger partial charge is 0.337 e. The number of amides is 1. The molecule has 0 radical (unpaired) electrons. The van der Waals surface area contributed by atoms with Gasteiger partial charge >= 0.3 is 11.1 Å². The monoisotopic (exact) mass is 407 g/mol. The van der Waals surface area contributed by atoms with Crippen molar-refractivity contribution in [2.24, 2.45) is 0 Å². The molecule has 0 bridgehead atoms. The summed E-state index contributed by atoms with van der Waals surface area (Å²) in [4.78, 5) is 43.8. The number of hydrogen-bond acceptors (Lipinski definition) is 5. The predicted molar refractivity (Wildman–Crippen MR) is 111 cm³/mol. The Kier molecular flexibility index (Phi) is 6.22. The number of carbonyl (C=O) groups excluding carboxylic acids is 1. The fourth-order valence-corrected chi connectivity index (χ4v) is 4.18. The number of aromatic nitrogens is 2. The van der Waals surface area contributed by atoms with Crippen LogP contribution in [0.25, 0.3) is 11.0 Å². The lowest BCUT2D eigenvalue weighted by atomic mass is 10.1. The summed E-state index contributed by atoms with van der Waals surface area (Å²) in [6.45, 7) is 7.77. The zero-order valence-electron chi connectivity index (χ0n) is 15.9. The molecular formula is C19H26ClN5O3. The Labute approximate surface area is 168 Å². The molecule has 28 heavy (non-hydrogen) atoms. The summed E-state index contributed by atoms with van der Waals surface area (Å²) in [6, 6.07) is 5.59. The Bertz CT molecular complexity index is 980. The van der Waals surface area contributed by atoms with Gasteiger partial charge in [-0.3, -0.25) is 19.3 Å². The molecule has 8 nitrogen and oxygen atoms in total. The minimum atomic E-state index is -0.658. The van der Waals surface area contributed by atoms with Gasteiger partial charge in [0.15, 0.2) is 0 Å². The van der Waals surface area contributed by atoms with Crippen LogP contribution in [0, 0.1) is 0 Å². The van der Waals surface area contributed by atoms with E-state index in [9.17, 15) is 14.4 Å². The lowest BCUT2D eigenvalue weighted by Gasteiger charge is -2.32. The number of likely N-dealkylation sites (tertiary alicyclic amines) is 1. The van der Waals surface area contributed by atoms with E-state index >= 15 is 0 Å². The molecule has 2 saturated heterocycles. The highest BCUT2D eigenvalue weighted by atomic mass is 35.5. The average Bonchev–Trinajstić information content (AvgIpc) is 3.19. The molecule has 9 heteroatoms. The van der Waals surface area contributed by atoms with Crippen molar-refractivity contribution in [3.05, 3.63) is 44.5 Å². The molecule has 2 aromatic rings. The third kappa shape index (κ3) is 3.72. The topological polar surface area (TPSA) is 90.4 Å². The van der Waals surface area contributed by atoms with Gasteiger partial charge in [-0.2, -0.15) is 0 Å². The third-order valence-corrected chi connectivity index (χ3v) is 5.66. The van der Waals surface area contributed by atoms with Gasteiger partial charge in [0, 0.05) is 57.4 Å². The smallest absolute Gasteiger partial charge is 0.316 e. The van der Waals surface area contributed by atoms with Crippen molar-refractivity contribution in [3.8, 4) is 0 Å². The van der Waals surface area contributed by atoms with Gasteiger partial charge < -0.3 is 19.8 Å². The lowest BCUT2D eigenvalue weighted by Crippen LogP contribution is -2.49. The van der Waals surface area contributed by atoms with E-state index in [1.807, 2.05) is 11.8 Å². The molecule has 2 N–H and O–H groups in total. The van der Waals surface area contributed by atoms with Crippen molar-refractivity contribution >= 4 is 29.3 Å². The predicted octanol–water partition coefficient (Wildman–Crippen LogP) is 0.251. The van der Waals surface area contributed by atoms with Gasteiger partial charge in [0.1, 0.15) is 0 Å². The Morgan fingerprint density at radius 3 is 2.64 bits per heavy atom. The number of fused-ring (bicyclic) bond motifs is 1. The van der Waals surface area contributed by atoms with E-state index in [0.717, 1.165) is 45.7 Å². The maximum absolute atomic E-state index is 13.0. The fourth-order valence-electron chi connectivity index (χ4n) is 4.18. The molecule has 2 aliphatic heterocycles. The van der Waals surface area contributed by atoms with Crippen LogP contribution in [0.1, 0.15) is 23.7 Å². The highest BCUT2D eigenvalue weighted by molar-refractivity contribution is 5.97. The number of halogens is 1. The van der Waals surface area contributed by atoms with Crippen molar-refractivity contribution in [2.45, 2.75) is 25.9 Å². The van der Waals surface area contributed by atoms with E-state index in [-0.39, 0.29) is 18.3 Å². The van der Waals surface area contributed by atoms with Crippen LogP contribution >= 0.6 is 12.4 Å². The van der Waals surface area contributed by atoms with Crippen molar-refractivity contribution in [2.75, 3.05) is 39.3 Å². The quantitative estimate of drug-likeness (QED) is 0.712. The second-order valence-electron chi connectivity index (χ2n) is 7.22. The van der Waals surface area contributed by atoms with Crippen LogP contribution in [0.15, 0.2) is 27.8 Å².